The molecule has 0 spiro atoms. The van der Waals surface area contributed by atoms with Gasteiger partial charge in [0.25, 0.3) is 0 Å². The van der Waals surface area contributed by atoms with Crippen molar-refractivity contribution in [3.63, 3.8) is 0 Å². The van der Waals surface area contributed by atoms with E-state index in [0.29, 0.717) is 30.4 Å². The number of aromatic nitrogens is 1. The maximum Gasteiger partial charge on any atom is 0.341 e. The number of aromatic carboxylic acids is 1. The third kappa shape index (κ3) is 14.4. The number of benzene rings is 1. The summed E-state index contributed by atoms with van der Waals surface area (Å²) in [5.74, 6) is -6.47. The molecule has 22 heteroatoms. The van der Waals surface area contributed by atoms with E-state index >= 15 is 0 Å². The normalized spacial score (nSPS) is 37.8. The molecule has 1 amide bonds. The molecule has 4 fully saturated rings. The molecule has 434 valence electrons. The van der Waals surface area contributed by atoms with Crippen molar-refractivity contribution in [2.75, 3.05) is 46.2 Å². The predicted octanol–water partition coefficient (Wildman–Crippen LogP) is 3.08. The molecule has 6 rings (SSSR count). The van der Waals surface area contributed by atoms with Gasteiger partial charge in [-0.25, -0.2) is 4.79 Å². The quantitative estimate of drug-likeness (QED) is 0.0834. The van der Waals surface area contributed by atoms with E-state index in [1.54, 1.807) is 53.7 Å². The van der Waals surface area contributed by atoms with Crippen molar-refractivity contribution in [2.45, 2.75) is 211 Å². The van der Waals surface area contributed by atoms with Crippen LogP contribution in [0.15, 0.2) is 29.2 Å². The molecule has 18 atom stereocenters. The van der Waals surface area contributed by atoms with Gasteiger partial charge in [-0.05, 0) is 113 Å². The Kier molecular flexibility index (Phi) is 20.4. The largest absolute Gasteiger partial charge is 0.477 e. The van der Waals surface area contributed by atoms with Crippen LogP contribution < -0.4 is 21.4 Å². The van der Waals surface area contributed by atoms with Gasteiger partial charge in [0, 0.05) is 74.5 Å². The number of carbonyl (C=O) groups excluding carboxylic acids is 3. The van der Waals surface area contributed by atoms with E-state index in [-0.39, 0.29) is 56.0 Å². The molecule has 3 aliphatic heterocycles. The molecule has 22 nitrogen and oxygen atoms in total. The maximum absolute atomic E-state index is 14.5. The number of cyclic esters (lactones) is 1. The summed E-state index contributed by atoms with van der Waals surface area (Å²) in [7, 11) is 5.15. The second kappa shape index (κ2) is 25.4. The minimum Gasteiger partial charge on any atom is -0.477 e. The zero-order valence-electron chi connectivity index (χ0n) is 47.1. The molecule has 0 radical (unpaired) electrons. The lowest BCUT2D eigenvalue weighted by Gasteiger charge is -2.49. The topological polar surface area (TPSA) is 295 Å². The molecule has 1 saturated carbocycles. The van der Waals surface area contributed by atoms with E-state index in [1.165, 1.54) is 34.1 Å². The first-order valence-electron chi connectivity index (χ1n) is 27.3. The van der Waals surface area contributed by atoms with Gasteiger partial charge in [-0.3, -0.25) is 19.2 Å². The first-order chi connectivity index (χ1) is 36.0. The number of carboxylic acids is 1. The third-order valence-corrected chi connectivity index (χ3v) is 16.2. The molecule has 1 aromatic carbocycles. The number of carbonyl (C=O) groups is 4. The van der Waals surface area contributed by atoms with Crippen LogP contribution in [0.25, 0.3) is 10.9 Å². The molecular weight excluding hydrogens is 1000 g/mol. The Labute approximate surface area is 451 Å². The van der Waals surface area contributed by atoms with Crippen molar-refractivity contribution < 1.29 is 77.9 Å². The van der Waals surface area contributed by atoms with E-state index in [1.807, 2.05) is 36.6 Å². The smallest absolute Gasteiger partial charge is 0.341 e. The number of pyridine rings is 1. The number of anilines is 1. The molecule has 4 heterocycles. The Hall–Kier alpha value is -4.33. The van der Waals surface area contributed by atoms with Crippen molar-refractivity contribution >= 4 is 40.4 Å². The average molecular weight is 1090 g/mol. The zero-order chi connectivity index (χ0) is 57.1. The number of likely N-dealkylation sites (N-methyl/N-ethyl adjacent to an activating group) is 1. The van der Waals surface area contributed by atoms with Gasteiger partial charge in [-0.1, -0.05) is 20.8 Å². The summed E-state index contributed by atoms with van der Waals surface area (Å²) in [5.41, 5.74) is -4.45. The summed E-state index contributed by atoms with van der Waals surface area (Å²) in [6.45, 7) is 17.5. The van der Waals surface area contributed by atoms with Crippen LogP contribution in [0.3, 0.4) is 0 Å². The van der Waals surface area contributed by atoms with Gasteiger partial charge < -0.3 is 84.1 Å². The number of aliphatic hydroxyl groups is 4. The summed E-state index contributed by atoms with van der Waals surface area (Å²) >= 11 is 0. The SMILES string of the molecule is CC[C@H]1OC(=O)[C@H](C)[C@@H](O[C@H]2C[C@@](C)(OC)[C@@H](OC(=O)CCNCCNc3ccc4c(=O)c(C(=O)O)cn(C5CC5)c4c3)[C@H](C)O2)[C@H](C)[C@@H](O[C@@H]2O[C@H](C)C[C@H](N(C)C)[C@H]2O)[C@](C)(O)C[C@@H](C)NC(=O)[C@H](C)[C@@H](O)[C@]1(C)O. The molecule has 3 saturated heterocycles. The summed E-state index contributed by atoms with van der Waals surface area (Å²) in [5, 5.41) is 66.9. The number of methoxy groups -OCH3 is 1. The lowest BCUT2D eigenvalue weighted by molar-refractivity contribution is -0.318. The summed E-state index contributed by atoms with van der Waals surface area (Å²) in [4.78, 5) is 68.1. The van der Waals surface area contributed by atoms with Crippen molar-refractivity contribution in [3.8, 4) is 0 Å². The van der Waals surface area contributed by atoms with Gasteiger partial charge in [0.15, 0.2) is 18.7 Å². The van der Waals surface area contributed by atoms with Crippen LogP contribution in [0.2, 0.25) is 0 Å². The van der Waals surface area contributed by atoms with Crippen LogP contribution >= 0.6 is 0 Å². The predicted molar refractivity (Wildman–Crippen MR) is 283 cm³/mol. The van der Waals surface area contributed by atoms with Crippen molar-refractivity contribution in [3.05, 3.63) is 40.2 Å². The molecule has 8 N–H and O–H groups in total. The van der Waals surface area contributed by atoms with Crippen LogP contribution in [0.5, 0.6) is 0 Å². The Bertz CT molecular complexity index is 2430. The Balaban J connectivity index is 1.17. The Morgan fingerprint density at radius 3 is 2.23 bits per heavy atom. The third-order valence-electron chi connectivity index (χ3n) is 16.2. The highest BCUT2D eigenvalue weighted by Crippen LogP contribution is 2.41. The van der Waals surface area contributed by atoms with Crippen LogP contribution in [-0.4, -0.2) is 190 Å². The van der Waals surface area contributed by atoms with Crippen LogP contribution in [-0.2, 0) is 47.5 Å². The molecule has 2 aromatic rings. The number of nitrogens with one attached hydrogen (secondary N) is 3. The number of aliphatic hydroxyl groups excluding tert-OH is 2. The van der Waals surface area contributed by atoms with Gasteiger partial charge in [0.2, 0.25) is 11.3 Å². The highest BCUT2D eigenvalue weighted by molar-refractivity contribution is 5.93. The standard InChI is InChI=1S/C55H87N5O17/c1-14-40-55(10,70)46(64)32(6)49(65)58-28(2)25-53(8,69)47(77-52-44(63)39(59(11)12)23-29(3)72-52)30(4)45(31(5)51(68)74-40)76-42-26-54(9,71-13)48(33(7)73-42)75-41(61)19-20-56-21-22-57-34-15-18-36-38(24-34)60(35-16-17-35)27-37(43(36)62)50(66)67/h15,18,24,27-33,35,39-40,42,44-48,52,56-57,63-64,69-70H,14,16-17,19-23,25-26H2,1-13H3,(H,58,65)(H,66,67)/t28-,29-,30+,31-,32-,33+,39+,40-,42+,44-,45+,46-,47-,48+,52+,53-,54-,55-/m1/s1. The summed E-state index contributed by atoms with van der Waals surface area (Å²) < 4.78 is 46.3. The lowest BCUT2D eigenvalue weighted by atomic mass is 9.78. The van der Waals surface area contributed by atoms with E-state index in [4.69, 9.17) is 33.2 Å². The molecular formula is C55H87N5O17. The number of fused-ring (bicyclic) bond motifs is 1. The van der Waals surface area contributed by atoms with E-state index < -0.39 is 125 Å². The van der Waals surface area contributed by atoms with E-state index in [0.717, 1.165) is 18.5 Å². The number of rotatable bonds is 17. The molecule has 4 aliphatic rings. The van der Waals surface area contributed by atoms with E-state index in [2.05, 4.69) is 16.0 Å². The second-order valence-corrected chi connectivity index (χ2v) is 23.0. The highest BCUT2D eigenvalue weighted by Gasteiger charge is 2.54. The number of ether oxygens (including phenoxy) is 7. The second-order valence-electron chi connectivity index (χ2n) is 23.0. The van der Waals surface area contributed by atoms with Crippen LogP contribution in [0, 0.1) is 17.8 Å². The highest BCUT2D eigenvalue weighted by atomic mass is 16.7. The van der Waals surface area contributed by atoms with E-state index in [9.17, 15) is 49.5 Å². The summed E-state index contributed by atoms with van der Waals surface area (Å²) in [6, 6.07) is 4.26. The minimum atomic E-state index is -2.08. The van der Waals surface area contributed by atoms with Gasteiger partial charge in [-0.15, -0.1) is 0 Å². The zero-order valence-corrected chi connectivity index (χ0v) is 47.1. The number of amides is 1. The number of carboxylic acid groups (broad SMARTS) is 1. The van der Waals surface area contributed by atoms with Crippen molar-refractivity contribution in [1.82, 2.24) is 20.1 Å². The van der Waals surface area contributed by atoms with Crippen LogP contribution in [0.1, 0.15) is 131 Å². The molecule has 0 unspecified atom stereocenters. The number of esters is 2. The van der Waals surface area contributed by atoms with Crippen LogP contribution in [0.4, 0.5) is 5.69 Å². The monoisotopic (exact) mass is 1090 g/mol. The van der Waals surface area contributed by atoms with Gasteiger partial charge in [0.05, 0.1) is 59.9 Å². The molecule has 0 bridgehead atoms. The maximum atomic E-state index is 14.5. The Morgan fingerprint density at radius 2 is 1.61 bits per heavy atom. The fourth-order valence-corrected chi connectivity index (χ4v) is 11.6. The van der Waals surface area contributed by atoms with Gasteiger partial charge in [0.1, 0.15) is 29.0 Å². The van der Waals surface area contributed by atoms with Crippen molar-refractivity contribution in [2.24, 2.45) is 17.8 Å². The molecule has 1 aliphatic carbocycles. The molecule has 1 aromatic heterocycles. The fourth-order valence-electron chi connectivity index (χ4n) is 11.6. The van der Waals surface area contributed by atoms with Gasteiger partial charge in [-0.2, -0.15) is 0 Å². The number of hydrogen-bond donors (Lipinski definition) is 8. The van der Waals surface area contributed by atoms with Gasteiger partial charge >= 0.3 is 17.9 Å². The Morgan fingerprint density at radius 1 is 0.922 bits per heavy atom. The lowest BCUT2D eigenvalue weighted by Crippen LogP contribution is -2.61. The number of hydrogen-bond acceptors (Lipinski definition) is 19. The molecule has 77 heavy (non-hydrogen) atoms. The van der Waals surface area contributed by atoms with Crippen molar-refractivity contribution in [1.29, 1.82) is 0 Å². The number of nitrogens with zero attached hydrogens (tertiary/aromatic N) is 2. The first kappa shape index (κ1) is 61.9. The first-order valence-corrected chi connectivity index (χ1v) is 27.3. The summed E-state index contributed by atoms with van der Waals surface area (Å²) in [6.07, 6.45) is -7.30. The minimum absolute atomic E-state index is 0.000805. The average Bonchev–Trinajstić information content (AvgIpc) is 4.21. The fraction of sp³-hybridized carbons (Fsp3) is 0.764.